The second-order valence-electron chi connectivity index (χ2n) is 5.03. The molecule has 1 amide bonds. The van der Waals surface area contributed by atoms with E-state index in [2.05, 4.69) is 10.3 Å². The SMILES string of the molecule is NC(=Nc1ccccc1)NC(=O)c1ccc2cc(O)ccc2c1. The molecule has 0 aromatic heterocycles. The molecule has 0 saturated carbocycles. The van der Waals surface area contributed by atoms with Gasteiger partial charge in [0.2, 0.25) is 5.96 Å². The zero-order chi connectivity index (χ0) is 16.2. The van der Waals surface area contributed by atoms with Gasteiger partial charge in [-0.2, -0.15) is 0 Å². The smallest absolute Gasteiger partial charge is 0.257 e. The van der Waals surface area contributed by atoms with E-state index in [0.29, 0.717) is 11.3 Å². The molecule has 3 aromatic carbocycles. The first-order chi connectivity index (χ1) is 11.1. The number of aromatic hydroxyl groups is 1. The Balaban J connectivity index is 1.80. The van der Waals surface area contributed by atoms with Crippen LogP contribution in [0.3, 0.4) is 0 Å². The number of phenolic OH excluding ortho intramolecular Hbond substituents is 1. The molecule has 0 aliphatic heterocycles. The number of aliphatic imine (C=N–C) groups is 1. The fourth-order valence-corrected chi connectivity index (χ4v) is 2.23. The standard InChI is InChI=1S/C18H15N3O2/c19-18(20-15-4-2-1-3-5-15)21-17(23)14-7-6-13-11-16(22)9-8-12(13)10-14/h1-11,22H,(H3,19,20,21,23). The van der Waals surface area contributed by atoms with Crippen LogP contribution in [0.25, 0.3) is 10.8 Å². The lowest BCUT2D eigenvalue weighted by molar-refractivity contribution is 0.0977. The molecule has 5 heteroatoms. The number of rotatable bonds is 2. The lowest BCUT2D eigenvalue weighted by Gasteiger charge is -2.06. The molecule has 0 bridgehead atoms. The summed E-state index contributed by atoms with van der Waals surface area (Å²) in [4.78, 5) is 16.4. The summed E-state index contributed by atoms with van der Waals surface area (Å²) in [5.74, 6) is -0.113. The van der Waals surface area contributed by atoms with Crippen LogP contribution in [0.2, 0.25) is 0 Å². The van der Waals surface area contributed by atoms with E-state index in [1.807, 2.05) is 18.2 Å². The molecule has 5 nitrogen and oxygen atoms in total. The number of guanidine groups is 1. The highest BCUT2D eigenvalue weighted by molar-refractivity contribution is 6.07. The van der Waals surface area contributed by atoms with Gasteiger partial charge in [-0.1, -0.05) is 30.3 Å². The van der Waals surface area contributed by atoms with Gasteiger partial charge in [-0.25, -0.2) is 4.99 Å². The minimum Gasteiger partial charge on any atom is -0.508 e. The third kappa shape index (κ3) is 3.47. The Kier molecular flexibility index (Phi) is 3.93. The Labute approximate surface area is 133 Å². The van der Waals surface area contributed by atoms with Gasteiger partial charge in [0.25, 0.3) is 5.91 Å². The molecule has 0 aliphatic rings. The van der Waals surface area contributed by atoms with Crippen LogP contribution in [0.1, 0.15) is 10.4 Å². The molecule has 0 unspecified atom stereocenters. The first-order valence-electron chi connectivity index (χ1n) is 7.05. The highest BCUT2D eigenvalue weighted by atomic mass is 16.3. The fraction of sp³-hybridized carbons (Fsp3) is 0. The molecule has 3 rings (SSSR count). The number of hydrogen-bond donors (Lipinski definition) is 3. The largest absolute Gasteiger partial charge is 0.508 e. The van der Waals surface area contributed by atoms with Crippen LogP contribution in [-0.2, 0) is 0 Å². The minimum atomic E-state index is -0.336. The minimum absolute atomic E-state index is 0.0343. The number of fused-ring (bicyclic) bond motifs is 1. The Hall–Kier alpha value is -3.34. The molecule has 0 aliphatic carbocycles. The van der Waals surface area contributed by atoms with Gasteiger partial charge in [0, 0.05) is 5.56 Å². The van der Waals surface area contributed by atoms with E-state index < -0.39 is 0 Å². The quantitative estimate of drug-likeness (QED) is 0.502. The second-order valence-corrected chi connectivity index (χ2v) is 5.03. The Morgan fingerprint density at radius 2 is 1.65 bits per heavy atom. The van der Waals surface area contributed by atoms with Gasteiger partial charge < -0.3 is 10.8 Å². The van der Waals surface area contributed by atoms with Crippen LogP contribution in [0.5, 0.6) is 5.75 Å². The summed E-state index contributed by atoms with van der Waals surface area (Å²) in [6.45, 7) is 0. The Morgan fingerprint density at radius 1 is 0.957 bits per heavy atom. The van der Waals surface area contributed by atoms with Crippen LogP contribution in [-0.4, -0.2) is 17.0 Å². The normalized spacial score (nSPS) is 11.4. The maximum absolute atomic E-state index is 12.2. The molecule has 0 saturated heterocycles. The van der Waals surface area contributed by atoms with Crippen molar-refractivity contribution in [1.29, 1.82) is 0 Å². The summed E-state index contributed by atoms with van der Waals surface area (Å²) in [5, 5.41) is 13.7. The van der Waals surface area contributed by atoms with E-state index in [-0.39, 0.29) is 17.6 Å². The molecule has 0 heterocycles. The van der Waals surface area contributed by atoms with Crippen LogP contribution in [0.4, 0.5) is 5.69 Å². The van der Waals surface area contributed by atoms with Crippen molar-refractivity contribution >= 4 is 28.3 Å². The van der Waals surface area contributed by atoms with E-state index in [0.717, 1.165) is 10.8 Å². The van der Waals surface area contributed by atoms with Gasteiger partial charge >= 0.3 is 0 Å². The van der Waals surface area contributed by atoms with Crippen molar-refractivity contribution in [2.45, 2.75) is 0 Å². The summed E-state index contributed by atoms with van der Waals surface area (Å²) in [5.41, 5.74) is 6.89. The molecule has 4 N–H and O–H groups in total. The summed E-state index contributed by atoms with van der Waals surface area (Å²) in [6, 6.07) is 19.3. The highest BCUT2D eigenvalue weighted by Crippen LogP contribution is 2.21. The fourth-order valence-electron chi connectivity index (χ4n) is 2.23. The monoisotopic (exact) mass is 305 g/mol. The van der Waals surface area contributed by atoms with Crippen molar-refractivity contribution < 1.29 is 9.90 Å². The maximum Gasteiger partial charge on any atom is 0.257 e. The Bertz CT molecular complexity index is 889. The summed E-state index contributed by atoms with van der Waals surface area (Å²) >= 11 is 0. The molecule has 0 spiro atoms. The van der Waals surface area contributed by atoms with Crippen LogP contribution in [0.15, 0.2) is 71.7 Å². The Morgan fingerprint density at radius 3 is 2.43 bits per heavy atom. The van der Waals surface area contributed by atoms with Gasteiger partial charge in [-0.3, -0.25) is 10.1 Å². The average Bonchev–Trinajstić information content (AvgIpc) is 2.55. The number of amides is 1. The number of hydrogen-bond acceptors (Lipinski definition) is 3. The van der Waals surface area contributed by atoms with Crippen molar-refractivity contribution in [3.8, 4) is 5.75 Å². The third-order valence-electron chi connectivity index (χ3n) is 3.33. The molecular formula is C18H15N3O2. The number of carbonyl (C=O) groups is 1. The van der Waals surface area contributed by atoms with Crippen molar-refractivity contribution in [3.05, 3.63) is 72.3 Å². The van der Waals surface area contributed by atoms with Crippen molar-refractivity contribution in [1.82, 2.24) is 5.32 Å². The van der Waals surface area contributed by atoms with Crippen LogP contribution in [0, 0.1) is 0 Å². The van der Waals surface area contributed by atoms with Crippen molar-refractivity contribution in [2.24, 2.45) is 10.7 Å². The van der Waals surface area contributed by atoms with Gasteiger partial charge in [-0.05, 0) is 47.2 Å². The van der Waals surface area contributed by atoms with Gasteiger partial charge in [0.05, 0.1) is 5.69 Å². The first-order valence-corrected chi connectivity index (χ1v) is 7.05. The maximum atomic E-state index is 12.2. The summed E-state index contributed by atoms with van der Waals surface area (Å²) < 4.78 is 0. The predicted molar refractivity (Wildman–Crippen MR) is 90.8 cm³/mol. The van der Waals surface area contributed by atoms with E-state index in [1.54, 1.807) is 48.5 Å². The van der Waals surface area contributed by atoms with Gasteiger partial charge in [-0.15, -0.1) is 0 Å². The third-order valence-corrected chi connectivity index (χ3v) is 3.33. The van der Waals surface area contributed by atoms with Gasteiger partial charge in [0.1, 0.15) is 5.75 Å². The molecule has 0 fully saturated rings. The number of nitrogens with two attached hydrogens (primary N) is 1. The number of carbonyl (C=O) groups excluding carboxylic acids is 1. The summed E-state index contributed by atoms with van der Waals surface area (Å²) in [7, 11) is 0. The number of phenols is 1. The van der Waals surface area contributed by atoms with Crippen molar-refractivity contribution in [3.63, 3.8) is 0 Å². The number of benzene rings is 3. The lowest BCUT2D eigenvalue weighted by atomic mass is 10.1. The van der Waals surface area contributed by atoms with Crippen LogP contribution < -0.4 is 11.1 Å². The number of nitrogens with zero attached hydrogens (tertiary/aromatic N) is 1. The highest BCUT2D eigenvalue weighted by Gasteiger charge is 2.08. The first kappa shape index (κ1) is 14.6. The van der Waals surface area contributed by atoms with E-state index in [1.165, 1.54) is 0 Å². The number of nitrogens with one attached hydrogen (secondary N) is 1. The van der Waals surface area contributed by atoms with E-state index in [9.17, 15) is 9.90 Å². The average molecular weight is 305 g/mol. The summed E-state index contributed by atoms with van der Waals surface area (Å²) in [6.07, 6.45) is 0. The molecule has 0 radical (unpaired) electrons. The van der Waals surface area contributed by atoms with Crippen molar-refractivity contribution in [2.75, 3.05) is 0 Å². The molecule has 0 atom stereocenters. The van der Waals surface area contributed by atoms with E-state index in [4.69, 9.17) is 5.73 Å². The molecule has 114 valence electrons. The van der Waals surface area contributed by atoms with Crippen LogP contribution >= 0.6 is 0 Å². The molecule has 3 aromatic rings. The zero-order valence-corrected chi connectivity index (χ0v) is 12.2. The van der Waals surface area contributed by atoms with Gasteiger partial charge in [0.15, 0.2) is 0 Å². The molecular weight excluding hydrogens is 290 g/mol. The predicted octanol–water partition coefficient (Wildman–Crippen LogP) is 2.92. The number of para-hydroxylation sites is 1. The van der Waals surface area contributed by atoms with E-state index >= 15 is 0 Å². The lowest BCUT2D eigenvalue weighted by Crippen LogP contribution is -2.36. The zero-order valence-electron chi connectivity index (χ0n) is 12.2. The second kappa shape index (κ2) is 6.19. The molecule has 23 heavy (non-hydrogen) atoms. The topological polar surface area (TPSA) is 87.7 Å².